The van der Waals surface area contributed by atoms with Gasteiger partial charge in [-0.1, -0.05) is 0 Å². The van der Waals surface area contributed by atoms with Crippen molar-refractivity contribution in [3.63, 3.8) is 0 Å². The van der Waals surface area contributed by atoms with Crippen LogP contribution in [0.4, 0.5) is 5.69 Å². The third-order valence-electron chi connectivity index (χ3n) is 2.55. The summed E-state index contributed by atoms with van der Waals surface area (Å²) in [6, 6.07) is 3.92. The molecule has 1 unspecified atom stereocenters. The van der Waals surface area contributed by atoms with E-state index in [9.17, 15) is 5.11 Å². The fraction of sp³-hybridized carbons (Fsp3) is 0.500. The molecule has 0 aromatic heterocycles. The van der Waals surface area contributed by atoms with E-state index in [1.807, 2.05) is 26.0 Å². The van der Waals surface area contributed by atoms with E-state index in [1.54, 1.807) is 7.11 Å². The Bertz CT molecular complexity index is 352. The highest BCUT2D eigenvalue weighted by Gasteiger charge is 2.07. The van der Waals surface area contributed by atoms with Gasteiger partial charge in [-0.05, 0) is 37.1 Å². The van der Waals surface area contributed by atoms with Crippen molar-refractivity contribution in [1.29, 1.82) is 0 Å². The minimum atomic E-state index is -0.758. The van der Waals surface area contributed by atoms with Crippen LogP contribution >= 0.6 is 0 Å². The van der Waals surface area contributed by atoms with E-state index in [1.165, 1.54) is 0 Å². The zero-order valence-electron chi connectivity index (χ0n) is 9.95. The van der Waals surface area contributed by atoms with E-state index in [-0.39, 0.29) is 6.61 Å². The van der Waals surface area contributed by atoms with Gasteiger partial charge >= 0.3 is 0 Å². The summed E-state index contributed by atoms with van der Waals surface area (Å²) >= 11 is 0. The molecule has 0 saturated heterocycles. The normalized spacial score (nSPS) is 12.3. The van der Waals surface area contributed by atoms with Gasteiger partial charge in [-0.25, -0.2) is 0 Å². The molecule has 90 valence electrons. The second-order valence-corrected chi connectivity index (χ2v) is 3.85. The van der Waals surface area contributed by atoms with Gasteiger partial charge in [0.05, 0.1) is 25.5 Å². The lowest BCUT2D eigenvalue weighted by Gasteiger charge is -2.15. The maximum absolute atomic E-state index is 9.25. The van der Waals surface area contributed by atoms with Crippen LogP contribution in [0.5, 0.6) is 5.75 Å². The number of hydrogen-bond acceptors (Lipinski definition) is 4. The highest BCUT2D eigenvalue weighted by atomic mass is 16.5. The number of benzene rings is 1. The molecule has 0 fully saturated rings. The van der Waals surface area contributed by atoms with E-state index in [0.717, 1.165) is 22.6 Å². The van der Waals surface area contributed by atoms with Gasteiger partial charge in [0.1, 0.15) is 5.75 Å². The van der Waals surface area contributed by atoms with Crippen molar-refractivity contribution in [2.75, 3.05) is 25.6 Å². The summed E-state index contributed by atoms with van der Waals surface area (Å²) < 4.78 is 5.24. The first kappa shape index (κ1) is 12.8. The summed E-state index contributed by atoms with van der Waals surface area (Å²) in [5.74, 6) is 0.744. The number of aliphatic hydroxyl groups excluding tert-OH is 2. The van der Waals surface area contributed by atoms with Gasteiger partial charge in [-0.15, -0.1) is 0 Å². The maximum atomic E-state index is 9.25. The number of aryl methyl sites for hydroxylation is 2. The molecule has 1 rings (SSSR count). The Morgan fingerprint density at radius 3 is 2.50 bits per heavy atom. The predicted molar refractivity (Wildman–Crippen MR) is 64.1 cm³/mol. The van der Waals surface area contributed by atoms with Gasteiger partial charge in [-0.2, -0.15) is 0 Å². The zero-order valence-corrected chi connectivity index (χ0v) is 9.95. The van der Waals surface area contributed by atoms with Crippen molar-refractivity contribution >= 4 is 5.69 Å². The Morgan fingerprint density at radius 1 is 1.31 bits per heavy atom. The van der Waals surface area contributed by atoms with E-state index < -0.39 is 6.10 Å². The standard InChI is InChI=1S/C12H19NO3/c1-8-4-11(13-6-10(15)7-14)12(16-3)5-9(8)2/h4-5,10,13-15H,6-7H2,1-3H3. The molecule has 0 saturated carbocycles. The summed E-state index contributed by atoms with van der Waals surface area (Å²) in [6.07, 6.45) is -0.758. The number of ether oxygens (including phenoxy) is 1. The number of rotatable bonds is 5. The van der Waals surface area contributed by atoms with Gasteiger partial charge < -0.3 is 20.3 Å². The maximum Gasteiger partial charge on any atom is 0.142 e. The van der Waals surface area contributed by atoms with Crippen LogP contribution in [0.25, 0.3) is 0 Å². The molecule has 4 heteroatoms. The average Bonchev–Trinajstić information content (AvgIpc) is 2.29. The lowest BCUT2D eigenvalue weighted by atomic mass is 10.1. The zero-order chi connectivity index (χ0) is 12.1. The van der Waals surface area contributed by atoms with E-state index in [2.05, 4.69) is 5.32 Å². The molecular formula is C12H19NO3. The first-order valence-corrected chi connectivity index (χ1v) is 5.26. The summed E-state index contributed by atoms with van der Waals surface area (Å²) in [6.45, 7) is 4.09. The SMILES string of the molecule is COc1cc(C)c(C)cc1NCC(O)CO. The van der Waals surface area contributed by atoms with Gasteiger partial charge in [0.15, 0.2) is 0 Å². The molecule has 0 bridgehead atoms. The third kappa shape index (κ3) is 3.12. The van der Waals surface area contributed by atoms with Crippen molar-refractivity contribution in [1.82, 2.24) is 0 Å². The molecule has 1 aromatic carbocycles. The minimum Gasteiger partial charge on any atom is -0.495 e. The molecule has 0 spiro atoms. The Balaban J connectivity index is 2.81. The van der Waals surface area contributed by atoms with E-state index in [0.29, 0.717) is 6.54 Å². The highest BCUT2D eigenvalue weighted by Crippen LogP contribution is 2.27. The van der Waals surface area contributed by atoms with Crippen LogP contribution in [0.15, 0.2) is 12.1 Å². The van der Waals surface area contributed by atoms with Crippen LogP contribution in [0.2, 0.25) is 0 Å². The number of methoxy groups -OCH3 is 1. The summed E-state index contributed by atoms with van der Waals surface area (Å²) in [7, 11) is 1.61. The van der Waals surface area contributed by atoms with Crippen LogP contribution in [-0.2, 0) is 0 Å². The summed E-state index contributed by atoms with van der Waals surface area (Å²) in [5, 5.41) is 21.0. The molecule has 0 aliphatic heterocycles. The molecule has 0 amide bonds. The van der Waals surface area contributed by atoms with Gasteiger partial charge in [0.2, 0.25) is 0 Å². The minimum absolute atomic E-state index is 0.250. The molecular weight excluding hydrogens is 206 g/mol. The number of hydrogen-bond donors (Lipinski definition) is 3. The first-order valence-electron chi connectivity index (χ1n) is 5.26. The molecule has 0 radical (unpaired) electrons. The second-order valence-electron chi connectivity index (χ2n) is 3.85. The quantitative estimate of drug-likeness (QED) is 0.701. The molecule has 3 N–H and O–H groups in total. The van der Waals surface area contributed by atoms with Crippen molar-refractivity contribution < 1.29 is 14.9 Å². The second kappa shape index (κ2) is 5.72. The topological polar surface area (TPSA) is 61.7 Å². The fourth-order valence-corrected chi connectivity index (χ4v) is 1.39. The van der Waals surface area contributed by atoms with Crippen molar-refractivity contribution in [3.8, 4) is 5.75 Å². The van der Waals surface area contributed by atoms with E-state index in [4.69, 9.17) is 9.84 Å². The lowest BCUT2D eigenvalue weighted by molar-refractivity contribution is 0.105. The molecule has 0 aliphatic carbocycles. The smallest absolute Gasteiger partial charge is 0.142 e. The molecule has 1 aromatic rings. The largest absolute Gasteiger partial charge is 0.495 e. The molecule has 0 aliphatic rings. The Labute approximate surface area is 95.9 Å². The van der Waals surface area contributed by atoms with Crippen LogP contribution in [-0.4, -0.2) is 36.6 Å². The predicted octanol–water partition coefficient (Wildman–Crippen LogP) is 1.08. The van der Waals surface area contributed by atoms with Gasteiger partial charge in [0.25, 0.3) is 0 Å². The van der Waals surface area contributed by atoms with Crippen LogP contribution in [0.3, 0.4) is 0 Å². The fourth-order valence-electron chi connectivity index (χ4n) is 1.39. The van der Waals surface area contributed by atoms with Gasteiger partial charge in [-0.3, -0.25) is 0 Å². The van der Waals surface area contributed by atoms with Crippen LogP contribution in [0, 0.1) is 13.8 Å². The molecule has 16 heavy (non-hydrogen) atoms. The average molecular weight is 225 g/mol. The summed E-state index contributed by atoms with van der Waals surface area (Å²) in [5.41, 5.74) is 3.14. The lowest BCUT2D eigenvalue weighted by Crippen LogP contribution is -2.23. The Kier molecular flexibility index (Phi) is 4.58. The van der Waals surface area contributed by atoms with Crippen molar-refractivity contribution in [2.24, 2.45) is 0 Å². The molecule has 0 heterocycles. The van der Waals surface area contributed by atoms with E-state index >= 15 is 0 Å². The molecule has 4 nitrogen and oxygen atoms in total. The number of anilines is 1. The highest BCUT2D eigenvalue weighted by molar-refractivity contribution is 5.60. The van der Waals surface area contributed by atoms with Crippen molar-refractivity contribution in [2.45, 2.75) is 20.0 Å². The number of aliphatic hydroxyl groups is 2. The van der Waals surface area contributed by atoms with Crippen molar-refractivity contribution in [3.05, 3.63) is 23.3 Å². The van der Waals surface area contributed by atoms with Crippen LogP contribution in [0.1, 0.15) is 11.1 Å². The first-order chi connectivity index (χ1) is 7.58. The van der Waals surface area contributed by atoms with Crippen LogP contribution < -0.4 is 10.1 Å². The number of nitrogens with one attached hydrogen (secondary N) is 1. The van der Waals surface area contributed by atoms with Gasteiger partial charge in [0, 0.05) is 6.54 Å². The monoisotopic (exact) mass is 225 g/mol. The third-order valence-corrected chi connectivity index (χ3v) is 2.55. The summed E-state index contributed by atoms with van der Waals surface area (Å²) in [4.78, 5) is 0. The Hall–Kier alpha value is -1.26. The Morgan fingerprint density at radius 2 is 1.94 bits per heavy atom. The molecule has 1 atom stereocenters.